The highest BCUT2D eigenvalue weighted by Gasteiger charge is 2.33. The number of nitrogens with one attached hydrogen (secondary N) is 1. The summed E-state index contributed by atoms with van der Waals surface area (Å²) in [5, 5.41) is 26.9. The molecule has 17 nitrogen and oxygen atoms in total. The van der Waals surface area contributed by atoms with Crippen molar-refractivity contribution in [3.05, 3.63) is 121 Å². The Morgan fingerprint density at radius 3 is 1.57 bits per heavy atom. The molecule has 4 aromatic carbocycles. The largest absolute Gasteiger partial charge is 0.478 e. The average molecular weight is 1060 g/mol. The van der Waals surface area contributed by atoms with E-state index in [1.54, 1.807) is 6.07 Å². The van der Waals surface area contributed by atoms with Crippen LogP contribution in [0.1, 0.15) is 46.5 Å². The maximum absolute atomic E-state index is 13.6. The summed E-state index contributed by atoms with van der Waals surface area (Å²) in [6.07, 6.45) is -9.03. The van der Waals surface area contributed by atoms with Gasteiger partial charge in [0.05, 0.1) is 48.9 Å². The minimum atomic E-state index is -4.54. The van der Waals surface area contributed by atoms with Crippen molar-refractivity contribution in [2.24, 2.45) is 0 Å². The van der Waals surface area contributed by atoms with Crippen LogP contribution in [-0.2, 0) is 30.0 Å². The van der Waals surface area contributed by atoms with Crippen molar-refractivity contribution in [3.63, 3.8) is 0 Å². The first-order chi connectivity index (χ1) is 32.1. The molecule has 0 aliphatic carbocycles. The van der Waals surface area contributed by atoms with Crippen LogP contribution in [0.15, 0.2) is 72.8 Å². The lowest BCUT2D eigenvalue weighted by atomic mass is 10.0. The van der Waals surface area contributed by atoms with Crippen LogP contribution in [-0.4, -0.2) is 116 Å². The Kier molecular flexibility index (Phi) is 20.0. The van der Waals surface area contributed by atoms with Gasteiger partial charge in [0, 0.05) is 95.3 Å². The molecule has 1 aromatic heterocycles. The molecule has 0 saturated carbocycles. The molecule has 2 aliphatic heterocycles. The smallest absolute Gasteiger partial charge is 0.416 e. The van der Waals surface area contributed by atoms with Crippen LogP contribution in [0.5, 0.6) is 0 Å². The van der Waals surface area contributed by atoms with E-state index in [1.807, 2.05) is 4.90 Å². The van der Waals surface area contributed by atoms with Gasteiger partial charge in [-0.1, -0.05) is 13.8 Å². The SMILES string of the molecule is CCN1CCN(Cc2cc(-c3nc4ccc([N+](=O)[O-])cc4[nH]3)cc(C(F)(F)F)c2)CC1.CCN1CCN(Cc2cc(C(=O)O)cc(C(F)(F)F)c2)CC1.Nc1ccc([N+](=O)[O-])cc1N.O=P(Cl)(Cl)Cl. The average Bonchev–Trinajstić information content (AvgIpc) is 3.71. The molecule has 5 aromatic rings. The number of aromatic nitrogens is 2. The minimum Gasteiger partial charge on any atom is -0.478 e. The zero-order chi connectivity index (χ0) is 51.4. The molecular weight excluding hydrogens is 1010 g/mol. The van der Waals surface area contributed by atoms with E-state index >= 15 is 0 Å². The summed E-state index contributed by atoms with van der Waals surface area (Å²) in [6, 6.07) is 15.1. The number of hydrogen-bond acceptors (Lipinski definition) is 13. The van der Waals surface area contributed by atoms with E-state index in [0.29, 0.717) is 52.6 Å². The molecule has 69 heavy (non-hydrogen) atoms. The van der Waals surface area contributed by atoms with Crippen LogP contribution < -0.4 is 11.5 Å². The summed E-state index contributed by atoms with van der Waals surface area (Å²) in [6.45, 7) is 13.5. The Labute approximate surface area is 405 Å². The van der Waals surface area contributed by atoms with Gasteiger partial charge in [-0.15, -0.1) is 0 Å². The number of nitro benzene ring substituents is 2. The summed E-state index contributed by atoms with van der Waals surface area (Å²) in [5.74, 6) is -1.10. The Morgan fingerprint density at radius 2 is 1.13 bits per heavy atom. The van der Waals surface area contributed by atoms with Gasteiger partial charge in [-0.05, 0) is 106 Å². The van der Waals surface area contributed by atoms with Gasteiger partial charge < -0.3 is 31.4 Å². The molecule has 376 valence electrons. The van der Waals surface area contributed by atoms with E-state index in [0.717, 1.165) is 77.6 Å². The summed E-state index contributed by atoms with van der Waals surface area (Å²) in [5.41, 5.74) is 11.2. The number of halogens is 9. The van der Waals surface area contributed by atoms with E-state index in [4.69, 9.17) is 16.6 Å². The van der Waals surface area contributed by atoms with Crippen molar-refractivity contribution >= 4 is 78.7 Å². The van der Waals surface area contributed by atoms with Crippen LogP contribution in [0.4, 0.5) is 49.1 Å². The van der Waals surface area contributed by atoms with Gasteiger partial charge in [-0.3, -0.25) is 34.6 Å². The molecule has 0 bridgehead atoms. The highest BCUT2D eigenvalue weighted by atomic mass is 36.0. The quantitative estimate of drug-likeness (QED) is 0.0335. The Bertz CT molecular complexity index is 2620. The van der Waals surface area contributed by atoms with Crippen LogP contribution in [0.3, 0.4) is 0 Å². The van der Waals surface area contributed by atoms with E-state index in [1.165, 1.54) is 48.5 Å². The second-order valence-electron chi connectivity index (χ2n) is 15.6. The number of aromatic amines is 1. The van der Waals surface area contributed by atoms with Gasteiger partial charge in [0.2, 0.25) is 0 Å². The standard InChI is InChI=1S/C21H22F3N5O2.C15H19F3N2O2.C6H7N3O2.Cl3OP/c1-2-27-5-7-28(8-6-27)13-14-9-15(11-16(10-14)21(22,23)24)20-25-18-4-3-17(29(30)31)12-19(18)26-20;1-2-19-3-5-20(6-4-19)10-11-7-12(14(21)22)9-13(8-11)15(16,17)18;7-5-2-1-4(9(10)11)3-6(5)8;1-5(2,3)4/h3-4,9-12H,2,5-8,13H2,1H3,(H,25,26);7-9H,2-6,10H2,1H3,(H,21,22);1-3H,7-8H2;. The lowest BCUT2D eigenvalue weighted by molar-refractivity contribution is -0.384. The molecule has 6 N–H and O–H groups in total. The summed E-state index contributed by atoms with van der Waals surface area (Å²) >= 11 is 13.8. The van der Waals surface area contributed by atoms with Crippen molar-refractivity contribution in [1.82, 2.24) is 29.6 Å². The second kappa shape index (κ2) is 24.5. The van der Waals surface area contributed by atoms with Crippen LogP contribution in [0, 0.1) is 20.2 Å². The zero-order valence-corrected chi connectivity index (χ0v) is 40.1. The summed E-state index contributed by atoms with van der Waals surface area (Å²) < 4.78 is 88.8. The summed E-state index contributed by atoms with van der Waals surface area (Å²) in [7, 11) is 0. The zero-order valence-electron chi connectivity index (χ0n) is 36.9. The highest BCUT2D eigenvalue weighted by Crippen LogP contribution is 2.61. The third-order valence-corrected chi connectivity index (χ3v) is 10.8. The minimum absolute atomic E-state index is 0.0447. The molecule has 3 heterocycles. The normalized spacial score (nSPS) is 15.2. The molecular formula is C42H48Cl3F6N10O7P. The molecule has 0 unspecified atom stereocenters. The maximum atomic E-state index is 13.6. The number of nitrogens with two attached hydrogens (primary N) is 2. The van der Waals surface area contributed by atoms with Crippen molar-refractivity contribution < 1.29 is 50.7 Å². The fourth-order valence-corrected chi connectivity index (χ4v) is 7.12. The fourth-order valence-electron chi connectivity index (χ4n) is 7.12. The number of carboxylic acid groups (broad SMARTS) is 1. The molecule has 0 amide bonds. The highest BCUT2D eigenvalue weighted by molar-refractivity contribution is 8.24. The number of nitrogens with zero attached hydrogens (tertiary/aromatic N) is 7. The fraction of sp³-hybridized carbons (Fsp3) is 0.381. The van der Waals surface area contributed by atoms with Gasteiger partial charge in [0.15, 0.2) is 0 Å². The molecule has 2 fully saturated rings. The molecule has 2 aliphatic rings. The van der Waals surface area contributed by atoms with Crippen LogP contribution in [0.2, 0.25) is 0 Å². The first-order valence-electron chi connectivity index (χ1n) is 20.8. The van der Waals surface area contributed by atoms with Crippen molar-refractivity contribution in [2.75, 3.05) is 76.9 Å². The van der Waals surface area contributed by atoms with Crippen molar-refractivity contribution in [1.29, 1.82) is 0 Å². The number of anilines is 2. The monoisotopic (exact) mass is 1050 g/mol. The molecule has 2 saturated heterocycles. The Balaban J connectivity index is 0.000000236. The number of aromatic carboxylic acids is 1. The van der Waals surface area contributed by atoms with Crippen molar-refractivity contribution in [3.8, 4) is 11.4 Å². The van der Waals surface area contributed by atoms with E-state index < -0.39 is 44.5 Å². The number of hydrogen-bond donors (Lipinski definition) is 4. The van der Waals surface area contributed by atoms with Gasteiger partial charge in [-0.25, -0.2) is 9.78 Å². The van der Waals surface area contributed by atoms with E-state index in [-0.39, 0.29) is 28.5 Å². The number of rotatable bonds is 10. The number of benzene rings is 4. The maximum Gasteiger partial charge on any atom is 0.416 e. The number of H-pyrrole nitrogens is 1. The number of carbonyl (C=O) groups is 1. The van der Waals surface area contributed by atoms with Crippen LogP contribution >= 0.6 is 38.9 Å². The number of alkyl halides is 6. The topological polar surface area (TPSA) is 234 Å². The van der Waals surface area contributed by atoms with Crippen LogP contribution in [0.25, 0.3) is 22.4 Å². The van der Waals surface area contributed by atoms with E-state index in [2.05, 4.69) is 72.2 Å². The molecule has 0 radical (unpaired) electrons. The first kappa shape index (κ1) is 56.3. The predicted octanol–water partition coefficient (Wildman–Crippen LogP) is 10.4. The number of imidazole rings is 1. The lowest BCUT2D eigenvalue weighted by Gasteiger charge is -2.34. The van der Waals surface area contributed by atoms with Gasteiger partial charge in [0.1, 0.15) is 5.82 Å². The first-order valence-corrected chi connectivity index (χ1v) is 25.2. The number of fused-ring (bicyclic) bond motifs is 1. The van der Waals surface area contributed by atoms with Gasteiger partial charge in [-0.2, -0.15) is 26.3 Å². The second-order valence-corrected chi connectivity index (χ2v) is 22.2. The summed E-state index contributed by atoms with van der Waals surface area (Å²) in [4.78, 5) is 47.2. The predicted molar refractivity (Wildman–Crippen MR) is 253 cm³/mol. The number of non-ortho nitro benzene ring substituents is 2. The number of nitro groups is 2. The molecule has 7 rings (SSSR count). The third kappa shape index (κ3) is 18.2. The molecule has 27 heteroatoms. The molecule has 0 spiro atoms. The lowest BCUT2D eigenvalue weighted by Crippen LogP contribution is -2.45. The molecule has 0 atom stereocenters. The third-order valence-electron chi connectivity index (χ3n) is 10.8. The Morgan fingerprint density at radius 1 is 0.696 bits per heavy atom. The van der Waals surface area contributed by atoms with Gasteiger partial charge >= 0.3 is 23.5 Å². The Hall–Kier alpha value is -5.26. The number of nitrogen functional groups attached to an aromatic ring is 2. The number of piperazine rings is 2. The van der Waals surface area contributed by atoms with Crippen molar-refractivity contribution in [2.45, 2.75) is 39.3 Å². The number of likely N-dealkylation sites (N-methyl/N-ethyl adjacent to an activating group) is 2. The van der Waals surface area contributed by atoms with E-state index in [9.17, 15) is 55.9 Å². The van der Waals surface area contributed by atoms with Gasteiger partial charge in [0.25, 0.3) is 11.4 Å². The number of carboxylic acids is 1.